The molecule has 194 valence electrons. The fourth-order valence-corrected chi connectivity index (χ4v) is 5.02. The number of non-ortho nitro benzene ring substituents is 1. The summed E-state index contributed by atoms with van der Waals surface area (Å²) in [5.41, 5.74) is 0.618. The highest BCUT2D eigenvalue weighted by atomic mass is 32.2. The van der Waals surface area contributed by atoms with E-state index in [4.69, 9.17) is 14.2 Å². The van der Waals surface area contributed by atoms with Crippen molar-refractivity contribution in [2.24, 2.45) is 0 Å². The van der Waals surface area contributed by atoms with Crippen LogP contribution < -0.4 is 20.1 Å². The lowest BCUT2D eigenvalue weighted by Crippen LogP contribution is -2.47. The first-order valence-electron chi connectivity index (χ1n) is 10.8. The van der Waals surface area contributed by atoms with Gasteiger partial charge in [-0.25, -0.2) is 8.42 Å². The predicted octanol–water partition coefficient (Wildman–Crippen LogP) is 0.434. The number of hydrogen-bond acceptors (Lipinski definition) is 9. The fraction of sp³-hybridized carbons (Fsp3) is 0.364. The Labute approximate surface area is 207 Å². The topological polar surface area (TPSA) is 166 Å². The van der Waals surface area contributed by atoms with Crippen LogP contribution >= 0.6 is 0 Å². The largest absolute Gasteiger partial charge is 0.493 e. The third-order valence-corrected chi connectivity index (χ3v) is 7.29. The molecule has 0 spiro atoms. The maximum atomic E-state index is 12.9. The molecular weight excluding hydrogens is 496 g/mol. The summed E-state index contributed by atoms with van der Waals surface area (Å²) in [5, 5.41) is 15.7. The van der Waals surface area contributed by atoms with Gasteiger partial charge in [-0.1, -0.05) is 6.07 Å². The Hall–Kier alpha value is -3.75. The molecule has 1 aliphatic heterocycles. The van der Waals surface area contributed by atoms with Crippen molar-refractivity contribution in [3.05, 3.63) is 58.1 Å². The van der Waals surface area contributed by atoms with Crippen molar-refractivity contribution in [2.75, 3.05) is 40.5 Å². The summed E-state index contributed by atoms with van der Waals surface area (Å²) in [6, 6.07) is 9.76. The average Bonchev–Trinajstić information content (AvgIpc) is 3.36. The number of rotatable bonds is 10. The normalized spacial score (nSPS) is 15.8. The Morgan fingerprint density at radius 2 is 1.75 bits per heavy atom. The number of methoxy groups -OCH3 is 2. The average molecular weight is 523 g/mol. The molecule has 0 bridgehead atoms. The van der Waals surface area contributed by atoms with Crippen LogP contribution in [-0.4, -0.2) is 76.1 Å². The van der Waals surface area contributed by atoms with Crippen LogP contribution in [0.4, 0.5) is 5.69 Å². The van der Waals surface area contributed by atoms with Crippen molar-refractivity contribution >= 4 is 27.5 Å². The van der Waals surface area contributed by atoms with Crippen LogP contribution in [0.15, 0.2) is 47.4 Å². The van der Waals surface area contributed by atoms with Gasteiger partial charge in [-0.3, -0.25) is 19.7 Å². The standard InChI is InChI=1S/C22H26N4O9S/c1-33-18-8-3-15(13-19(18)34-2)9-10-23-21(27)22(28)24-14-20-25(11-12-35-20)36(31,32)17-6-4-16(5-7-17)26(29)30/h3-8,13,20H,9-12,14H2,1-2H3,(H,23,27)(H,24,28). The van der Waals surface area contributed by atoms with E-state index >= 15 is 0 Å². The number of nitro groups is 1. The zero-order chi connectivity index (χ0) is 26.3. The molecular formula is C22H26N4O9S. The molecule has 3 rings (SSSR count). The third-order valence-electron chi connectivity index (χ3n) is 5.39. The molecule has 2 aromatic rings. The van der Waals surface area contributed by atoms with Crippen LogP contribution in [-0.2, 0) is 30.8 Å². The monoisotopic (exact) mass is 522 g/mol. The number of sulfonamides is 1. The molecule has 0 radical (unpaired) electrons. The van der Waals surface area contributed by atoms with Gasteiger partial charge in [0, 0.05) is 25.2 Å². The molecule has 1 unspecified atom stereocenters. The molecule has 0 aromatic heterocycles. The van der Waals surface area contributed by atoms with Crippen molar-refractivity contribution in [1.82, 2.24) is 14.9 Å². The number of amides is 2. The van der Waals surface area contributed by atoms with Crippen LogP contribution in [0, 0.1) is 10.1 Å². The fourth-order valence-electron chi connectivity index (χ4n) is 3.51. The Balaban J connectivity index is 1.51. The summed E-state index contributed by atoms with van der Waals surface area (Å²) in [6.45, 7) is 0.0398. The van der Waals surface area contributed by atoms with E-state index < -0.39 is 33.0 Å². The van der Waals surface area contributed by atoms with E-state index in [1.807, 2.05) is 6.07 Å². The molecule has 1 aliphatic rings. The van der Waals surface area contributed by atoms with E-state index in [0.717, 1.165) is 34.1 Å². The molecule has 2 amide bonds. The Morgan fingerprint density at radius 3 is 2.39 bits per heavy atom. The van der Waals surface area contributed by atoms with E-state index in [-0.39, 0.29) is 36.8 Å². The molecule has 13 nitrogen and oxygen atoms in total. The molecule has 14 heteroatoms. The summed E-state index contributed by atoms with van der Waals surface area (Å²) < 4.78 is 42.7. The lowest BCUT2D eigenvalue weighted by molar-refractivity contribution is -0.384. The second kappa shape index (κ2) is 11.8. The number of nitro benzene ring substituents is 1. The first kappa shape index (κ1) is 26.8. The Bertz CT molecular complexity index is 1220. The highest BCUT2D eigenvalue weighted by Crippen LogP contribution is 2.27. The van der Waals surface area contributed by atoms with Gasteiger partial charge in [-0.2, -0.15) is 4.31 Å². The van der Waals surface area contributed by atoms with Crippen LogP contribution in [0.5, 0.6) is 11.5 Å². The number of nitrogens with one attached hydrogen (secondary N) is 2. The zero-order valence-corrected chi connectivity index (χ0v) is 20.4. The minimum atomic E-state index is -4.04. The number of benzene rings is 2. The van der Waals surface area contributed by atoms with E-state index in [2.05, 4.69) is 10.6 Å². The second-order valence-electron chi connectivity index (χ2n) is 7.60. The van der Waals surface area contributed by atoms with Gasteiger partial charge < -0.3 is 24.8 Å². The quantitative estimate of drug-likeness (QED) is 0.256. The number of carbonyl (C=O) groups excluding carboxylic acids is 2. The van der Waals surface area contributed by atoms with E-state index in [1.165, 1.54) is 14.2 Å². The maximum Gasteiger partial charge on any atom is 0.309 e. The molecule has 1 fully saturated rings. The molecule has 36 heavy (non-hydrogen) atoms. The summed E-state index contributed by atoms with van der Waals surface area (Å²) >= 11 is 0. The summed E-state index contributed by atoms with van der Waals surface area (Å²) in [4.78, 5) is 34.4. The first-order valence-corrected chi connectivity index (χ1v) is 12.3. The van der Waals surface area contributed by atoms with E-state index in [1.54, 1.807) is 12.1 Å². The summed E-state index contributed by atoms with van der Waals surface area (Å²) in [6.07, 6.45) is -0.597. The van der Waals surface area contributed by atoms with Crippen molar-refractivity contribution in [1.29, 1.82) is 0 Å². The van der Waals surface area contributed by atoms with Gasteiger partial charge in [0.25, 0.3) is 5.69 Å². The lowest BCUT2D eigenvalue weighted by atomic mass is 10.1. The highest BCUT2D eigenvalue weighted by molar-refractivity contribution is 7.89. The van der Waals surface area contributed by atoms with Gasteiger partial charge >= 0.3 is 11.8 Å². The second-order valence-corrected chi connectivity index (χ2v) is 9.49. The van der Waals surface area contributed by atoms with Crippen LogP contribution in [0.3, 0.4) is 0 Å². The third kappa shape index (κ3) is 6.27. The lowest BCUT2D eigenvalue weighted by Gasteiger charge is -2.22. The maximum absolute atomic E-state index is 12.9. The Morgan fingerprint density at radius 1 is 1.08 bits per heavy atom. The zero-order valence-electron chi connectivity index (χ0n) is 19.6. The van der Waals surface area contributed by atoms with Crippen LogP contribution in [0.25, 0.3) is 0 Å². The minimum absolute atomic E-state index is 0.0252. The number of nitrogens with zero attached hydrogens (tertiary/aromatic N) is 2. The molecule has 0 aliphatic carbocycles. The molecule has 1 saturated heterocycles. The number of hydrogen-bond donors (Lipinski definition) is 2. The van der Waals surface area contributed by atoms with Crippen LogP contribution in [0.1, 0.15) is 5.56 Å². The SMILES string of the molecule is COc1ccc(CCNC(=O)C(=O)NCC2OCCN2S(=O)(=O)c2ccc([N+](=O)[O-])cc2)cc1OC. The molecule has 2 aromatic carbocycles. The van der Waals surface area contributed by atoms with Gasteiger partial charge in [0.05, 0.1) is 37.2 Å². The first-order chi connectivity index (χ1) is 17.2. The molecule has 1 heterocycles. The smallest absolute Gasteiger partial charge is 0.309 e. The number of carbonyl (C=O) groups is 2. The van der Waals surface area contributed by atoms with Gasteiger partial charge in [0.1, 0.15) is 6.23 Å². The van der Waals surface area contributed by atoms with Crippen molar-refractivity contribution < 1.29 is 37.1 Å². The van der Waals surface area contributed by atoms with E-state index in [0.29, 0.717) is 17.9 Å². The van der Waals surface area contributed by atoms with Crippen molar-refractivity contribution in [2.45, 2.75) is 17.5 Å². The van der Waals surface area contributed by atoms with Gasteiger partial charge in [0.15, 0.2) is 11.5 Å². The van der Waals surface area contributed by atoms with Gasteiger partial charge in [-0.05, 0) is 36.2 Å². The van der Waals surface area contributed by atoms with Crippen molar-refractivity contribution in [3.8, 4) is 11.5 Å². The number of ether oxygens (including phenoxy) is 3. The van der Waals surface area contributed by atoms with Crippen LogP contribution in [0.2, 0.25) is 0 Å². The Kier molecular flexibility index (Phi) is 8.79. The van der Waals surface area contributed by atoms with Crippen molar-refractivity contribution in [3.63, 3.8) is 0 Å². The summed E-state index contributed by atoms with van der Waals surface area (Å²) in [7, 11) is -1.00. The minimum Gasteiger partial charge on any atom is -0.493 e. The molecule has 1 atom stereocenters. The van der Waals surface area contributed by atoms with Gasteiger partial charge in [-0.15, -0.1) is 0 Å². The predicted molar refractivity (Wildman–Crippen MR) is 126 cm³/mol. The molecule has 0 saturated carbocycles. The molecule has 2 N–H and O–H groups in total. The van der Waals surface area contributed by atoms with Gasteiger partial charge in [0.2, 0.25) is 10.0 Å². The van der Waals surface area contributed by atoms with E-state index in [9.17, 15) is 28.1 Å². The highest BCUT2D eigenvalue weighted by Gasteiger charge is 2.37. The summed E-state index contributed by atoms with van der Waals surface area (Å²) in [5.74, 6) is -0.698.